The number of hydrogen-bond donors (Lipinski definition) is 2. The van der Waals surface area contributed by atoms with Crippen LogP contribution in [0.25, 0.3) is 0 Å². The maximum absolute atomic E-state index is 12.5. The van der Waals surface area contributed by atoms with Crippen LogP contribution in [0.4, 0.5) is 5.69 Å². The molecule has 1 aromatic carbocycles. The Labute approximate surface area is 119 Å². The monoisotopic (exact) mass is 300 g/mol. The van der Waals surface area contributed by atoms with E-state index in [4.69, 9.17) is 15.2 Å². The van der Waals surface area contributed by atoms with Crippen LogP contribution in [0.2, 0.25) is 0 Å². The standard InChI is InChI=1S/C13H20N2O4S/c1-13(5-4-6-13)15-20(16,17)12-7-9(14)10(18-2)8-11(12)19-3/h7-8,15H,4-6,14H2,1-3H3. The summed E-state index contributed by atoms with van der Waals surface area (Å²) in [7, 11) is -0.803. The zero-order valence-corrected chi connectivity index (χ0v) is 12.7. The van der Waals surface area contributed by atoms with Gasteiger partial charge in [-0.3, -0.25) is 0 Å². The van der Waals surface area contributed by atoms with Gasteiger partial charge in [-0.2, -0.15) is 0 Å². The Morgan fingerprint density at radius 3 is 2.25 bits per heavy atom. The smallest absolute Gasteiger partial charge is 0.244 e. The molecule has 1 fully saturated rings. The lowest BCUT2D eigenvalue weighted by Crippen LogP contribution is -2.50. The fourth-order valence-corrected chi connectivity index (χ4v) is 3.94. The van der Waals surface area contributed by atoms with E-state index in [1.165, 1.54) is 26.4 Å². The number of nitrogens with two attached hydrogens (primary N) is 1. The van der Waals surface area contributed by atoms with Crippen molar-refractivity contribution in [2.75, 3.05) is 20.0 Å². The lowest BCUT2D eigenvalue weighted by atomic mass is 9.80. The van der Waals surface area contributed by atoms with Gasteiger partial charge < -0.3 is 15.2 Å². The van der Waals surface area contributed by atoms with Gasteiger partial charge >= 0.3 is 0 Å². The molecule has 112 valence electrons. The summed E-state index contributed by atoms with van der Waals surface area (Å²) in [4.78, 5) is 0.0337. The summed E-state index contributed by atoms with van der Waals surface area (Å²) in [6.07, 6.45) is 2.70. The van der Waals surface area contributed by atoms with Crippen molar-refractivity contribution in [2.45, 2.75) is 36.6 Å². The first-order chi connectivity index (χ1) is 9.31. The van der Waals surface area contributed by atoms with Gasteiger partial charge in [-0.1, -0.05) is 0 Å². The van der Waals surface area contributed by atoms with E-state index < -0.39 is 10.0 Å². The molecule has 0 saturated heterocycles. The van der Waals surface area contributed by atoms with Crippen LogP contribution < -0.4 is 19.9 Å². The van der Waals surface area contributed by atoms with Crippen molar-refractivity contribution in [3.8, 4) is 11.5 Å². The number of nitrogens with one attached hydrogen (secondary N) is 1. The van der Waals surface area contributed by atoms with Crippen molar-refractivity contribution in [1.82, 2.24) is 4.72 Å². The Kier molecular flexibility index (Phi) is 3.84. The molecule has 7 heteroatoms. The van der Waals surface area contributed by atoms with E-state index in [2.05, 4.69) is 4.72 Å². The SMILES string of the molecule is COc1cc(OC)c(S(=O)(=O)NC2(C)CCC2)cc1N. The second-order valence-corrected chi connectivity index (χ2v) is 6.92. The minimum atomic E-state index is -3.68. The van der Waals surface area contributed by atoms with Crippen molar-refractivity contribution in [2.24, 2.45) is 0 Å². The molecule has 0 atom stereocenters. The Hall–Kier alpha value is -1.47. The van der Waals surface area contributed by atoms with E-state index in [1.807, 2.05) is 6.92 Å². The third kappa shape index (κ3) is 2.69. The first kappa shape index (κ1) is 14.9. The van der Waals surface area contributed by atoms with E-state index in [-0.39, 0.29) is 21.9 Å². The molecule has 1 aromatic rings. The van der Waals surface area contributed by atoms with Crippen LogP contribution in [0, 0.1) is 0 Å². The Balaban J connectivity index is 2.42. The van der Waals surface area contributed by atoms with Gasteiger partial charge in [-0.25, -0.2) is 13.1 Å². The third-order valence-corrected chi connectivity index (χ3v) is 5.30. The van der Waals surface area contributed by atoms with Gasteiger partial charge in [0.15, 0.2) is 0 Å². The highest BCUT2D eigenvalue weighted by Crippen LogP contribution is 2.37. The molecule has 1 aliphatic rings. The number of rotatable bonds is 5. The van der Waals surface area contributed by atoms with Crippen LogP contribution in [0.1, 0.15) is 26.2 Å². The number of benzene rings is 1. The molecule has 1 saturated carbocycles. The van der Waals surface area contributed by atoms with E-state index in [1.54, 1.807) is 0 Å². The van der Waals surface area contributed by atoms with E-state index in [9.17, 15) is 8.42 Å². The van der Waals surface area contributed by atoms with Crippen LogP contribution in [0.5, 0.6) is 11.5 Å². The molecule has 20 heavy (non-hydrogen) atoms. The van der Waals surface area contributed by atoms with Gasteiger partial charge in [-0.15, -0.1) is 0 Å². The molecule has 0 radical (unpaired) electrons. The van der Waals surface area contributed by atoms with Crippen LogP contribution >= 0.6 is 0 Å². The molecular formula is C13H20N2O4S. The van der Waals surface area contributed by atoms with Gasteiger partial charge in [0.25, 0.3) is 0 Å². The highest BCUT2D eigenvalue weighted by atomic mass is 32.2. The molecular weight excluding hydrogens is 280 g/mol. The van der Waals surface area contributed by atoms with Crippen molar-refractivity contribution in [1.29, 1.82) is 0 Å². The highest BCUT2D eigenvalue weighted by Gasteiger charge is 2.37. The Morgan fingerprint density at radius 1 is 1.20 bits per heavy atom. The molecule has 1 aliphatic carbocycles. The normalized spacial score (nSPS) is 17.4. The summed E-state index contributed by atoms with van der Waals surface area (Å²) in [5, 5.41) is 0. The second kappa shape index (κ2) is 5.14. The number of nitrogen functional groups attached to an aromatic ring is 1. The minimum Gasteiger partial charge on any atom is -0.495 e. The van der Waals surface area contributed by atoms with Gasteiger partial charge in [0, 0.05) is 11.6 Å². The van der Waals surface area contributed by atoms with Gasteiger partial charge in [0.2, 0.25) is 10.0 Å². The van der Waals surface area contributed by atoms with Crippen LogP contribution in [-0.4, -0.2) is 28.2 Å². The van der Waals surface area contributed by atoms with Crippen molar-refractivity contribution < 1.29 is 17.9 Å². The first-order valence-corrected chi connectivity index (χ1v) is 7.85. The Bertz CT molecular complexity index is 609. The minimum absolute atomic E-state index is 0.0337. The number of anilines is 1. The molecule has 6 nitrogen and oxygen atoms in total. The summed E-state index contributed by atoms with van der Waals surface area (Å²) in [5.74, 6) is 0.599. The number of hydrogen-bond acceptors (Lipinski definition) is 5. The van der Waals surface area contributed by atoms with Crippen molar-refractivity contribution in [3.63, 3.8) is 0 Å². The second-order valence-electron chi connectivity index (χ2n) is 5.26. The van der Waals surface area contributed by atoms with E-state index in [0.717, 1.165) is 19.3 Å². The fourth-order valence-electron chi connectivity index (χ4n) is 2.29. The van der Waals surface area contributed by atoms with Crippen molar-refractivity contribution in [3.05, 3.63) is 12.1 Å². The summed E-state index contributed by atoms with van der Waals surface area (Å²) in [5.41, 5.74) is 5.67. The highest BCUT2D eigenvalue weighted by molar-refractivity contribution is 7.89. The first-order valence-electron chi connectivity index (χ1n) is 6.37. The summed E-state index contributed by atoms with van der Waals surface area (Å²) in [6.45, 7) is 1.90. The molecule has 0 amide bonds. The topological polar surface area (TPSA) is 90.6 Å². The number of methoxy groups -OCH3 is 2. The van der Waals surface area contributed by atoms with Crippen molar-refractivity contribution >= 4 is 15.7 Å². The van der Waals surface area contributed by atoms with Gasteiger partial charge in [0.05, 0.1) is 19.9 Å². The maximum atomic E-state index is 12.5. The molecule has 0 unspecified atom stereocenters. The quantitative estimate of drug-likeness (QED) is 0.804. The summed E-state index contributed by atoms with van der Waals surface area (Å²) < 4.78 is 37.9. The van der Waals surface area contributed by atoms with Crippen LogP contribution in [0.15, 0.2) is 17.0 Å². The van der Waals surface area contributed by atoms with Crippen LogP contribution in [0.3, 0.4) is 0 Å². The number of sulfonamides is 1. The predicted octanol–water partition coefficient (Wildman–Crippen LogP) is 1.51. The lowest BCUT2D eigenvalue weighted by molar-refractivity contribution is 0.247. The van der Waals surface area contributed by atoms with E-state index >= 15 is 0 Å². The Morgan fingerprint density at radius 2 is 1.80 bits per heavy atom. The average Bonchev–Trinajstić information content (AvgIpc) is 2.36. The fraction of sp³-hybridized carbons (Fsp3) is 0.538. The molecule has 3 N–H and O–H groups in total. The zero-order valence-electron chi connectivity index (χ0n) is 11.9. The largest absolute Gasteiger partial charge is 0.495 e. The zero-order chi connectivity index (χ0) is 15.0. The number of ether oxygens (including phenoxy) is 2. The molecule has 0 heterocycles. The summed E-state index contributed by atoms with van der Waals surface area (Å²) >= 11 is 0. The summed E-state index contributed by atoms with van der Waals surface area (Å²) in [6, 6.07) is 2.84. The maximum Gasteiger partial charge on any atom is 0.244 e. The molecule has 2 rings (SSSR count). The van der Waals surface area contributed by atoms with Crippen LogP contribution in [-0.2, 0) is 10.0 Å². The molecule has 0 aromatic heterocycles. The van der Waals surface area contributed by atoms with E-state index in [0.29, 0.717) is 5.75 Å². The average molecular weight is 300 g/mol. The third-order valence-electron chi connectivity index (χ3n) is 3.64. The molecule has 0 aliphatic heterocycles. The van der Waals surface area contributed by atoms with Gasteiger partial charge in [-0.05, 0) is 32.3 Å². The van der Waals surface area contributed by atoms with Gasteiger partial charge in [0.1, 0.15) is 16.4 Å². The lowest BCUT2D eigenvalue weighted by Gasteiger charge is -2.38. The molecule has 0 bridgehead atoms. The predicted molar refractivity (Wildman–Crippen MR) is 76.5 cm³/mol. The molecule has 0 spiro atoms.